The molecule has 2 rings (SSSR count). The zero-order chi connectivity index (χ0) is 14.4. The van der Waals surface area contributed by atoms with Crippen LogP contribution in [0.1, 0.15) is 5.56 Å². The highest BCUT2D eigenvalue weighted by Gasteiger charge is 2.13. The largest absolute Gasteiger partial charge is 0.354 e. The number of benzene rings is 1. The van der Waals surface area contributed by atoms with Gasteiger partial charge in [-0.25, -0.2) is 4.68 Å². The Labute approximate surface area is 130 Å². The zero-order valence-electron chi connectivity index (χ0n) is 11.2. The predicted molar refractivity (Wildman–Crippen MR) is 79.3 cm³/mol. The molecule has 0 aliphatic carbocycles. The highest BCUT2D eigenvalue weighted by molar-refractivity contribution is 9.10. The van der Waals surface area contributed by atoms with E-state index in [2.05, 4.69) is 37.5 Å². The Bertz CT molecular complexity index is 548. The van der Waals surface area contributed by atoms with Crippen LogP contribution in [0.3, 0.4) is 0 Å². The summed E-state index contributed by atoms with van der Waals surface area (Å²) in [6.07, 6.45) is -0.360. The normalized spacial score (nSPS) is 11.2. The minimum Gasteiger partial charge on any atom is -0.354 e. The molecule has 1 heterocycles. The summed E-state index contributed by atoms with van der Waals surface area (Å²) in [6.45, 7) is 0.457. The van der Waals surface area contributed by atoms with Gasteiger partial charge in [-0.05, 0) is 22.1 Å². The van der Waals surface area contributed by atoms with Gasteiger partial charge in [0.1, 0.15) is 0 Å². The number of rotatable bonds is 7. The average molecular weight is 359 g/mol. The number of hydrogen-bond acceptors (Lipinski definition) is 6. The smallest absolute Gasteiger partial charge is 0.209 e. The van der Waals surface area contributed by atoms with E-state index in [1.807, 2.05) is 18.2 Å². The lowest BCUT2D eigenvalue weighted by molar-refractivity contribution is -0.113. The monoisotopic (exact) mass is 358 g/mol. The van der Waals surface area contributed by atoms with E-state index in [-0.39, 0.29) is 6.29 Å². The molecule has 0 radical (unpaired) electrons. The lowest BCUT2D eigenvalue weighted by Crippen LogP contribution is -2.21. The number of aromatic nitrogens is 4. The number of tetrazole rings is 1. The van der Waals surface area contributed by atoms with E-state index >= 15 is 0 Å². The number of hydrogen-bond donors (Lipinski definition) is 0. The molecule has 0 aliphatic heterocycles. The van der Waals surface area contributed by atoms with E-state index in [4.69, 9.17) is 9.47 Å². The maximum absolute atomic E-state index is 5.15. The topological polar surface area (TPSA) is 62.1 Å². The molecule has 0 aliphatic rings. The van der Waals surface area contributed by atoms with Gasteiger partial charge in [0, 0.05) is 24.4 Å². The van der Waals surface area contributed by atoms with Crippen LogP contribution < -0.4 is 0 Å². The minimum atomic E-state index is -0.360. The van der Waals surface area contributed by atoms with Crippen LogP contribution in [-0.4, -0.2) is 40.7 Å². The quantitative estimate of drug-likeness (QED) is 0.559. The fourth-order valence-corrected chi connectivity index (χ4v) is 3.06. The lowest BCUT2D eigenvalue weighted by Gasteiger charge is -2.13. The summed E-state index contributed by atoms with van der Waals surface area (Å²) < 4.78 is 13.1. The Morgan fingerprint density at radius 3 is 2.75 bits per heavy atom. The highest BCUT2D eigenvalue weighted by atomic mass is 79.9. The molecule has 6 nitrogen and oxygen atoms in total. The SMILES string of the molecule is COC(Cn1nnnc1SCc1ccccc1Br)OC. The number of ether oxygens (including phenoxy) is 2. The van der Waals surface area contributed by atoms with Crippen molar-refractivity contribution in [2.75, 3.05) is 14.2 Å². The third kappa shape index (κ3) is 4.02. The summed E-state index contributed by atoms with van der Waals surface area (Å²) in [5.41, 5.74) is 1.20. The van der Waals surface area contributed by atoms with Gasteiger partial charge in [-0.1, -0.05) is 45.9 Å². The molecular weight excluding hydrogens is 344 g/mol. The van der Waals surface area contributed by atoms with Gasteiger partial charge in [0.25, 0.3) is 0 Å². The minimum absolute atomic E-state index is 0.360. The molecule has 2 aromatic rings. The van der Waals surface area contributed by atoms with E-state index < -0.39 is 0 Å². The van der Waals surface area contributed by atoms with Gasteiger partial charge in [-0.3, -0.25) is 0 Å². The molecule has 0 atom stereocenters. The summed E-state index contributed by atoms with van der Waals surface area (Å²) in [5, 5.41) is 12.4. The van der Waals surface area contributed by atoms with Crippen molar-refractivity contribution in [3.8, 4) is 0 Å². The van der Waals surface area contributed by atoms with Crippen LogP contribution in [-0.2, 0) is 21.8 Å². The van der Waals surface area contributed by atoms with Crippen LogP contribution >= 0.6 is 27.7 Å². The molecule has 0 bridgehead atoms. The molecule has 0 saturated carbocycles. The van der Waals surface area contributed by atoms with Gasteiger partial charge in [-0.15, -0.1) is 5.10 Å². The van der Waals surface area contributed by atoms with Crippen molar-refractivity contribution < 1.29 is 9.47 Å². The lowest BCUT2D eigenvalue weighted by atomic mass is 10.2. The number of thioether (sulfide) groups is 1. The van der Waals surface area contributed by atoms with Crippen LogP contribution in [0.15, 0.2) is 33.9 Å². The molecule has 0 amide bonds. The van der Waals surface area contributed by atoms with Crippen molar-refractivity contribution >= 4 is 27.7 Å². The first-order valence-electron chi connectivity index (χ1n) is 5.92. The van der Waals surface area contributed by atoms with Crippen LogP contribution in [0.25, 0.3) is 0 Å². The second-order valence-electron chi connectivity index (χ2n) is 3.92. The first kappa shape index (κ1) is 15.4. The Kier molecular flexibility index (Phi) is 5.96. The fraction of sp³-hybridized carbons (Fsp3) is 0.417. The van der Waals surface area contributed by atoms with Crippen molar-refractivity contribution in [1.82, 2.24) is 20.2 Å². The van der Waals surface area contributed by atoms with Gasteiger partial charge in [0.05, 0.1) is 6.54 Å². The zero-order valence-corrected chi connectivity index (χ0v) is 13.6. The Morgan fingerprint density at radius 2 is 2.05 bits per heavy atom. The summed E-state index contributed by atoms with van der Waals surface area (Å²) in [4.78, 5) is 0. The van der Waals surface area contributed by atoms with Gasteiger partial charge in [0.15, 0.2) is 6.29 Å². The van der Waals surface area contributed by atoms with Gasteiger partial charge < -0.3 is 9.47 Å². The standard InChI is InChI=1S/C12H15BrN4O2S/c1-18-11(19-2)7-17-12(14-15-16-17)20-8-9-5-3-4-6-10(9)13/h3-6,11H,7-8H2,1-2H3. The Morgan fingerprint density at radius 1 is 1.30 bits per heavy atom. The van der Waals surface area contributed by atoms with Gasteiger partial charge >= 0.3 is 0 Å². The molecule has 0 fully saturated rings. The van der Waals surface area contributed by atoms with E-state index in [1.165, 1.54) is 5.56 Å². The molecule has 0 saturated heterocycles. The molecular formula is C12H15BrN4O2S. The van der Waals surface area contributed by atoms with E-state index in [9.17, 15) is 0 Å². The Balaban J connectivity index is 2.00. The van der Waals surface area contributed by atoms with E-state index in [0.717, 1.165) is 15.4 Å². The molecule has 1 aromatic carbocycles. The second kappa shape index (κ2) is 7.72. The second-order valence-corrected chi connectivity index (χ2v) is 5.72. The van der Waals surface area contributed by atoms with Crippen molar-refractivity contribution in [2.24, 2.45) is 0 Å². The maximum atomic E-state index is 5.15. The molecule has 0 spiro atoms. The molecule has 20 heavy (non-hydrogen) atoms. The maximum Gasteiger partial charge on any atom is 0.209 e. The van der Waals surface area contributed by atoms with Gasteiger partial charge in [-0.2, -0.15) is 0 Å². The summed E-state index contributed by atoms with van der Waals surface area (Å²) in [5.74, 6) is 0.784. The van der Waals surface area contributed by atoms with Crippen LogP contribution in [0.5, 0.6) is 0 Å². The van der Waals surface area contributed by atoms with E-state index in [1.54, 1.807) is 30.7 Å². The number of nitrogens with zero attached hydrogens (tertiary/aromatic N) is 4. The third-order valence-corrected chi connectivity index (χ3v) is 4.44. The van der Waals surface area contributed by atoms with Crippen molar-refractivity contribution in [1.29, 1.82) is 0 Å². The molecule has 0 N–H and O–H groups in total. The summed E-state index contributed by atoms with van der Waals surface area (Å²) in [7, 11) is 3.18. The third-order valence-electron chi connectivity index (χ3n) is 2.66. The number of halogens is 1. The first-order valence-corrected chi connectivity index (χ1v) is 7.70. The average Bonchev–Trinajstić information content (AvgIpc) is 2.91. The molecule has 1 aromatic heterocycles. The van der Waals surface area contributed by atoms with Crippen molar-refractivity contribution in [3.63, 3.8) is 0 Å². The molecule has 8 heteroatoms. The van der Waals surface area contributed by atoms with Crippen molar-refractivity contribution in [3.05, 3.63) is 34.3 Å². The van der Waals surface area contributed by atoms with Crippen molar-refractivity contribution in [2.45, 2.75) is 23.7 Å². The van der Waals surface area contributed by atoms with Crippen LogP contribution in [0.4, 0.5) is 0 Å². The predicted octanol–water partition coefficient (Wildman–Crippen LogP) is 2.35. The molecule has 0 unspecified atom stereocenters. The number of methoxy groups -OCH3 is 2. The van der Waals surface area contributed by atoms with E-state index in [0.29, 0.717) is 6.54 Å². The fourth-order valence-electron chi connectivity index (χ4n) is 1.56. The first-order chi connectivity index (χ1) is 9.74. The van der Waals surface area contributed by atoms with Crippen LogP contribution in [0, 0.1) is 0 Å². The highest BCUT2D eigenvalue weighted by Crippen LogP contribution is 2.25. The molecule has 108 valence electrons. The van der Waals surface area contributed by atoms with Gasteiger partial charge in [0.2, 0.25) is 5.16 Å². The van der Waals surface area contributed by atoms with Crippen LogP contribution in [0.2, 0.25) is 0 Å². The summed E-state index contributed by atoms with van der Waals surface area (Å²) >= 11 is 5.10. The summed E-state index contributed by atoms with van der Waals surface area (Å²) in [6, 6.07) is 8.09. The Hall–Kier alpha value is -0.960.